The Morgan fingerprint density at radius 3 is 1.94 bits per heavy atom. The van der Waals surface area contributed by atoms with E-state index in [1.165, 1.54) is 0 Å². The monoisotopic (exact) mass is 234 g/mol. The Kier molecular flexibility index (Phi) is 4.95. The van der Waals surface area contributed by atoms with Crippen molar-refractivity contribution in [3.63, 3.8) is 0 Å². The lowest BCUT2D eigenvalue weighted by molar-refractivity contribution is -0.463. The molecule has 2 aliphatic heterocycles. The Morgan fingerprint density at radius 2 is 1.56 bits per heavy atom. The number of ether oxygens (including phenoxy) is 2. The van der Waals surface area contributed by atoms with Gasteiger partial charge >= 0.3 is 0 Å². The first-order valence-corrected chi connectivity index (χ1v) is 5.68. The molecule has 2 saturated heterocycles. The number of rotatable bonds is 10. The maximum Gasteiger partial charge on any atom is 0.224 e. The van der Waals surface area contributed by atoms with Crippen LogP contribution in [0.5, 0.6) is 0 Å². The van der Waals surface area contributed by atoms with Crippen molar-refractivity contribution < 1.29 is 29.0 Å². The van der Waals surface area contributed by atoms with E-state index in [-0.39, 0.29) is 12.2 Å². The zero-order chi connectivity index (χ0) is 11.2. The highest BCUT2D eigenvalue weighted by atomic mass is 17.3. The van der Waals surface area contributed by atoms with Gasteiger partial charge < -0.3 is 9.47 Å². The quantitative estimate of drug-likeness (QED) is 0.241. The van der Waals surface area contributed by atoms with E-state index in [0.717, 1.165) is 26.1 Å². The Morgan fingerprint density at radius 1 is 1.06 bits per heavy atom. The number of hydrogen-bond donors (Lipinski definition) is 0. The van der Waals surface area contributed by atoms with Crippen LogP contribution < -0.4 is 0 Å². The van der Waals surface area contributed by atoms with Crippen LogP contribution in [0.2, 0.25) is 0 Å². The third-order valence-electron chi connectivity index (χ3n) is 2.19. The highest BCUT2D eigenvalue weighted by molar-refractivity contribution is 4.66. The SMILES string of the molecule is CCCC(OOCC1CO1)OOCC1CO1. The van der Waals surface area contributed by atoms with Gasteiger partial charge in [-0.25, -0.2) is 19.6 Å². The van der Waals surface area contributed by atoms with Crippen molar-refractivity contribution in [3.05, 3.63) is 0 Å². The van der Waals surface area contributed by atoms with Gasteiger partial charge in [0.15, 0.2) is 0 Å². The van der Waals surface area contributed by atoms with Gasteiger partial charge in [0.05, 0.1) is 13.2 Å². The largest absolute Gasteiger partial charge is 0.370 e. The van der Waals surface area contributed by atoms with Gasteiger partial charge in [0.1, 0.15) is 25.4 Å². The summed E-state index contributed by atoms with van der Waals surface area (Å²) in [5.41, 5.74) is 0. The Balaban J connectivity index is 1.50. The molecule has 2 rings (SSSR count). The molecule has 6 nitrogen and oxygen atoms in total. The molecular weight excluding hydrogens is 216 g/mol. The van der Waals surface area contributed by atoms with E-state index in [0.29, 0.717) is 13.2 Å². The molecule has 0 N–H and O–H groups in total. The fourth-order valence-corrected chi connectivity index (χ4v) is 1.06. The van der Waals surface area contributed by atoms with Crippen LogP contribution in [-0.4, -0.2) is 44.9 Å². The van der Waals surface area contributed by atoms with Crippen LogP contribution in [0.4, 0.5) is 0 Å². The predicted molar refractivity (Wildman–Crippen MR) is 52.3 cm³/mol. The first-order valence-electron chi connectivity index (χ1n) is 5.68. The Labute approximate surface area is 94.6 Å². The van der Waals surface area contributed by atoms with E-state index >= 15 is 0 Å². The molecule has 94 valence electrons. The molecule has 0 spiro atoms. The van der Waals surface area contributed by atoms with Crippen molar-refractivity contribution in [2.75, 3.05) is 26.4 Å². The zero-order valence-electron chi connectivity index (χ0n) is 9.42. The second-order valence-corrected chi connectivity index (χ2v) is 3.89. The van der Waals surface area contributed by atoms with Crippen molar-refractivity contribution in [1.82, 2.24) is 0 Å². The molecular formula is C10H18O6. The van der Waals surface area contributed by atoms with Gasteiger partial charge in [-0.1, -0.05) is 13.3 Å². The molecule has 0 aromatic carbocycles. The van der Waals surface area contributed by atoms with E-state index in [2.05, 4.69) is 0 Å². The predicted octanol–water partition coefficient (Wildman–Crippen LogP) is 0.807. The second-order valence-electron chi connectivity index (χ2n) is 3.89. The molecule has 0 radical (unpaired) electrons. The first-order chi connectivity index (χ1) is 7.88. The molecule has 0 amide bonds. The van der Waals surface area contributed by atoms with Gasteiger partial charge in [-0.15, -0.1) is 0 Å². The molecule has 0 aromatic rings. The summed E-state index contributed by atoms with van der Waals surface area (Å²) >= 11 is 0. The summed E-state index contributed by atoms with van der Waals surface area (Å²) in [5, 5.41) is 0. The van der Waals surface area contributed by atoms with Crippen molar-refractivity contribution in [3.8, 4) is 0 Å². The van der Waals surface area contributed by atoms with Crippen LogP contribution in [0.15, 0.2) is 0 Å². The average Bonchev–Trinajstić information content (AvgIpc) is 3.13. The molecule has 0 bridgehead atoms. The van der Waals surface area contributed by atoms with Crippen LogP contribution in [0.25, 0.3) is 0 Å². The maximum atomic E-state index is 5.07. The minimum atomic E-state index is -0.484. The number of epoxide rings is 2. The number of hydrogen-bond acceptors (Lipinski definition) is 6. The van der Waals surface area contributed by atoms with E-state index in [9.17, 15) is 0 Å². The van der Waals surface area contributed by atoms with Gasteiger partial charge in [0, 0.05) is 6.42 Å². The fraction of sp³-hybridized carbons (Fsp3) is 1.00. The topological polar surface area (TPSA) is 62.0 Å². The summed E-state index contributed by atoms with van der Waals surface area (Å²) in [7, 11) is 0. The lowest BCUT2D eigenvalue weighted by Gasteiger charge is -2.14. The smallest absolute Gasteiger partial charge is 0.224 e. The summed E-state index contributed by atoms with van der Waals surface area (Å²) < 4.78 is 9.96. The summed E-state index contributed by atoms with van der Waals surface area (Å²) in [5.74, 6) is 0. The lowest BCUT2D eigenvalue weighted by Crippen LogP contribution is -2.20. The normalized spacial score (nSPS) is 29.1. The van der Waals surface area contributed by atoms with Crippen LogP contribution in [-0.2, 0) is 29.0 Å². The molecule has 0 aliphatic carbocycles. The van der Waals surface area contributed by atoms with Crippen molar-refractivity contribution in [2.24, 2.45) is 0 Å². The van der Waals surface area contributed by atoms with Gasteiger partial charge in [0.2, 0.25) is 6.29 Å². The zero-order valence-corrected chi connectivity index (χ0v) is 9.42. The third kappa shape index (κ3) is 5.20. The lowest BCUT2D eigenvalue weighted by atomic mass is 10.3. The van der Waals surface area contributed by atoms with E-state index in [1.807, 2.05) is 6.92 Å². The standard InChI is InChI=1S/C10H18O6/c1-2-3-10(15-13-6-8-4-11-8)16-14-7-9-5-12-9/h8-10H,2-7H2,1H3. The van der Waals surface area contributed by atoms with Gasteiger partial charge in [0.25, 0.3) is 0 Å². The van der Waals surface area contributed by atoms with Crippen LogP contribution in [0.1, 0.15) is 19.8 Å². The maximum absolute atomic E-state index is 5.07. The minimum absolute atomic E-state index is 0.183. The molecule has 16 heavy (non-hydrogen) atoms. The van der Waals surface area contributed by atoms with Gasteiger partial charge in [-0.2, -0.15) is 0 Å². The summed E-state index contributed by atoms with van der Waals surface area (Å²) in [6.07, 6.45) is 1.53. The molecule has 2 atom stereocenters. The van der Waals surface area contributed by atoms with E-state index in [4.69, 9.17) is 29.0 Å². The molecule has 0 saturated carbocycles. The molecule has 2 aliphatic rings. The summed E-state index contributed by atoms with van der Waals surface area (Å²) in [6, 6.07) is 0. The molecule has 2 fully saturated rings. The average molecular weight is 234 g/mol. The van der Waals surface area contributed by atoms with Crippen molar-refractivity contribution in [2.45, 2.75) is 38.3 Å². The Bertz CT molecular complexity index is 174. The fourth-order valence-electron chi connectivity index (χ4n) is 1.06. The highest BCUT2D eigenvalue weighted by Crippen LogP contribution is 2.13. The third-order valence-corrected chi connectivity index (χ3v) is 2.19. The summed E-state index contributed by atoms with van der Waals surface area (Å²) in [4.78, 5) is 20.1. The second kappa shape index (κ2) is 6.48. The van der Waals surface area contributed by atoms with Crippen LogP contribution in [0, 0.1) is 0 Å². The van der Waals surface area contributed by atoms with Crippen LogP contribution in [0.3, 0.4) is 0 Å². The van der Waals surface area contributed by atoms with Crippen molar-refractivity contribution >= 4 is 0 Å². The minimum Gasteiger partial charge on any atom is -0.370 e. The summed E-state index contributed by atoms with van der Waals surface area (Å²) in [6.45, 7) is 4.41. The van der Waals surface area contributed by atoms with E-state index in [1.54, 1.807) is 0 Å². The molecule has 0 aromatic heterocycles. The van der Waals surface area contributed by atoms with Gasteiger partial charge in [-0.05, 0) is 0 Å². The Hall–Kier alpha value is -0.240. The van der Waals surface area contributed by atoms with E-state index < -0.39 is 6.29 Å². The molecule has 6 heteroatoms. The highest BCUT2D eigenvalue weighted by Gasteiger charge is 2.25. The molecule has 2 heterocycles. The van der Waals surface area contributed by atoms with Gasteiger partial charge in [-0.3, -0.25) is 0 Å². The van der Waals surface area contributed by atoms with Crippen LogP contribution >= 0.6 is 0 Å². The molecule has 2 unspecified atom stereocenters. The first kappa shape index (κ1) is 12.2. The van der Waals surface area contributed by atoms with Crippen molar-refractivity contribution in [1.29, 1.82) is 0 Å².